The standard InChI is InChI=1S/C14H20N4S/c1-4-11-5-12-13(15-8-16-14(12)19-11)18-6-9(2)17-10(3)7-18/h5,8-10,17H,4,6-7H2,1-3H3. The third-order valence-corrected chi connectivity index (χ3v) is 4.75. The summed E-state index contributed by atoms with van der Waals surface area (Å²) >= 11 is 1.78. The molecule has 2 atom stereocenters. The van der Waals surface area contributed by atoms with E-state index in [0.29, 0.717) is 12.1 Å². The molecule has 1 aliphatic heterocycles. The van der Waals surface area contributed by atoms with E-state index in [4.69, 9.17) is 0 Å². The number of piperazine rings is 1. The van der Waals surface area contributed by atoms with Crippen molar-refractivity contribution in [2.45, 2.75) is 39.3 Å². The Morgan fingerprint density at radius 1 is 1.32 bits per heavy atom. The summed E-state index contributed by atoms with van der Waals surface area (Å²) in [4.78, 5) is 13.8. The van der Waals surface area contributed by atoms with Crippen LogP contribution in [0.4, 0.5) is 5.82 Å². The van der Waals surface area contributed by atoms with Crippen LogP contribution in [0, 0.1) is 0 Å². The first-order valence-corrected chi connectivity index (χ1v) is 7.73. The minimum Gasteiger partial charge on any atom is -0.353 e. The molecule has 1 N–H and O–H groups in total. The van der Waals surface area contributed by atoms with Crippen LogP contribution >= 0.6 is 11.3 Å². The molecule has 4 nitrogen and oxygen atoms in total. The lowest BCUT2D eigenvalue weighted by Gasteiger charge is -2.37. The Morgan fingerprint density at radius 2 is 2.05 bits per heavy atom. The van der Waals surface area contributed by atoms with Gasteiger partial charge in [-0.25, -0.2) is 9.97 Å². The number of fused-ring (bicyclic) bond motifs is 1. The van der Waals surface area contributed by atoms with Crippen LogP contribution < -0.4 is 10.2 Å². The van der Waals surface area contributed by atoms with E-state index in [1.165, 1.54) is 10.3 Å². The molecule has 0 amide bonds. The predicted molar refractivity (Wildman–Crippen MR) is 81.1 cm³/mol. The summed E-state index contributed by atoms with van der Waals surface area (Å²) in [7, 11) is 0. The largest absolute Gasteiger partial charge is 0.353 e. The SMILES string of the molecule is CCc1cc2c(N3CC(C)NC(C)C3)ncnc2s1. The Bertz CT molecular complexity index is 570. The second kappa shape index (κ2) is 5.06. The Labute approximate surface area is 117 Å². The van der Waals surface area contributed by atoms with Crippen LogP contribution in [0.2, 0.25) is 0 Å². The van der Waals surface area contributed by atoms with E-state index in [1.807, 2.05) is 0 Å². The highest BCUT2D eigenvalue weighted by molar-refractivity contribution is 7.18. The van der Waals surface area contributed by atoms with E-state index >= 15 is 0 Å². The van der Waals surface area contributed by atoms with E-state index < -0.39 is 0 Å². The topological polar surface area (TPSA) is 41.0 Å². The Kier molecular flexibility index (Phi) is 3.41. The fourth-order valence-corrected chi connectivity index (χ4v) is 3.75. The van der Waals surface area contributed by atoms with Crippen LogP contribution in [-0.2, 0) is 6.42 Å². The number of aryl methyl sites for hydroxylation is 1. The minimum atomic E-state index is 0.498. The number of anilines is 1. The number of rotatable bonds is 2. The smallest absolute Gasteiger partial charge is 0.140 e. The lowest BCUT2D eigenvalue weighted by atomic mass is 10.1. The average Bonchev–Trinajstić information content (AvgIpc) is 2.80. The number of hydrogen-bond acceptors (Lipinski definition) is 5. The fraction of sp³-hybridized carbons (Fsp3) is 0.571. The molecule has 0 radical (unpaired) electrons. The molecule has 102 valence electrons. The van der Waals surface area contributed by atoms with Crippen molar-refractivity contribution >= 4 is 27.4 Å². The zero-order chi connectivity index (χ0) is 13.4. The summed E-state index contributed by atoms with van der Waals surface area (Å²) in [5, 5.41) is 4.77. The van der Waals surface area contributed by atoms with Crippen molar-refractivity contribution in [2.75, 3.05) is 18.0 Å². The Morgan fingerprint density at radius 3 is 2.74 bits per heavy atom. The third kappa shape index (κ3) is 2.44. The van der Waals surface area contributed by atoms with Gasteiger partial charge in [0, 0.05) is 30.1 Å². The average molecular weight is 276 g/mol. The lowest BCUT2D eigenvalue weighted by molar-refractivity contribution is 0.406. The number of nitrogens with zero attached hydrogens (tertiary/aromatic N) is 3. The molecule has 0 bridgehead atoms. The normalized spacial score (nSPS) is 24.1. The van der Waals surface area contributed by atoms with Crippen molar-refractivity contribution in [3.8, 4) is 0 Å². The van der Waals surface area contributed by atoms with Gasteiger partial charge < -0.3 is 10.2 Å². The summed E-state index contributed by atoms with van der Waals surface area (Å²) in [6, 6.07) is 3.25. The van der Waals surface area contributed by atoms with Crippen molar-refractivity contribution in [2.24, 2.45) is 0 Å². The van der Waals surface area contributed by atoms with Crippen molar-refractivity contribution < 1.29 is 0 Å². The van der Waals surface area contributed by atoms with Crippen LogP contribution in [0.3, 0.4) is 0 Å². The highest BCUT2D eigenvalue weighted by Crippen LogP contribution is 2.31. The van der Waals surface area contributed by atoms with Crippen molar-refractivity contribution in [1.29, 1.82) is 0 Å². The van der Waals surface area contributed by atoms with Gasteiger partial charge in [-0.1, -0.05) is 6.92 Å². The summed E-state index contributed by atoms with van der Waals surface area (Å²) < 4.78 is 0. The van der Waals surface area contributed by atoms with E-state index in [2.05, 4.69) is 47.0 Å². The molecule has 19 heavy (non-hydrogen) atoms. The molecule has 1 fully saturated rings. The second-order valence-electron chi connectivity index (χ2n) is 5.36. The maximum Gasteiger partial charge on any atom is 0.140 e. The molecule has 2 aromatic rings. The maximum absolute atomic E-state index is 4.54. The van der Waals surface area contributed by atoms with Gasteiger partial charge in [-0.05, 0) is 26.3 Å². The van der Waals surface area contributed by atoms with Crippen molar-refractivity contribution in [1.82, 2.24) is 15.3 Å². The van der Waals surface area contributed by atoms with Gasteiger partial charge in [0.1, 0.15) is 17.0 Å². The van der Waals surface area contributed by atoms with Crippen molar-refractivity contribution in [3.05, 3.63) is 17.3 Å². The van der Waals surface area contributed by atoms with Gasteiger partial charge in [-0.2, -0.15) is 0 Å². The van der Waals surface area contributed by atoms with Gasteiger partial charge in [-0.15, -0.1) is 11.3 Å². The first-order chi connectivity index (χ1) is 9.17. The van der Waals surface area contributed by atoms with Gasteiger partial charge in [0.2, 0.25) is 0 Å². The number of hydrogen-bond donors (Lipinski definition) is 1. The van der Waals surface area contributed by atoms with Gasteiger partial charge in [0.05, 0.1) is 5.39 Å². The summed E-state index contributed by atoms with van der Waals surface area (Å²) in [6.45, 7) is 8.66. The summed E-state index contributed by atoms with van der Waals surface area (Å²) in [6.07, 6.45) is 2.76. The zero-order valence-electron chi connectivity index (χ0n) is 11.7. The van der Waals surface area contributed by atoms with E-state index in [9.17, 15) is 0 Å². The quantitative estimate of drug-likeness (QED) is 0.914. The molecule has 3 rings (SSSR count). The number of aromatic nitrogens is 2. The summed E-state index contributed by atoms with van der Waals surface area (Å²) in [5.41, 5.74) is 0. The monoisotopic (exact) mass is 276 g/mol. The highest BCUT2D eigenvalue weighted by Gasteiger charge is 2.23. The zero-order valence-corrected chi connectivity index (χ0v) is 12.5. The van der Waals surface area contributed by atoms with Gasteiger partial charge in [-0.3, -0.25) is 0 Å². The molecular weight excluding hydrogens is 256 g/mol. The molecule has 0 saturated carbocycles. The van der Waals surface area contributed by atoms with E-state index in [-0.39, 0.29) is 0 Å². The van der Waals surface area contributed by atoms with Crippen LogP contribution in [0.5, 0.6) is 0 Å². The molecule has 3 heterocycles. The van der Waals surface area contributed by atoms with Gasteiger partial charge >= 0.3 is 0 Å². The molecule has 2 unspecified atom stereocenters. The van der Waals surface area contributed by atoms with Crippen LogP contribution in [-0.4, -0.2) is 35.1 Å². The number of nitrogens with one attached hydrogen (secondary N) is 1. The third-order valence-electron chi connectivity index (χ3n) is 3.56. The molecule has 0 aromatic carbocycles. The van der Waals surface area contributed by atoms with Gasteiger partial charge in [0.25, 0.3) is 0 Å². The van der Waals surface area contributed by atoms with Crippen LogP contribution in [0.1, 0.15) is 25.6 Å². The molecule has 5 heteroatoms. The molecule has 1 saturated heterocycles. The molecule has 1 aliphatic rings. The summed E-state index contributed by atoms with van der Waals surface area (Å²) in [5.74, 6) is 1.10. The molecule has 0 aliphatic carbocycles. The first-order valence-electron chi connectivity index (χ1n) is 6.91. The highest BCUT2D eigenvalue weighted by atomic mass is 32.1. The van der Waals surface area contributed by atoms with Crippen molar-refractivity contribution in [3.63, 3.8) is 0 Å². The number of thiophene rings is 1. The minimum absolute atomic E-state index is 0.498. The van der Waals surface area contributed by atoms with Gasteiger partial charge in [0.15, 0.2) is 0 Å². The Balaban J connectivity index is 2.01. The van der Waals surface area contributed by atoms with E-state index in [1.54, 1.807) is 17.7 Å². The molecule has 0 spiro atoms. The van der Waals surface area contributed by atoms with Crippen LogP contribution in [0.15, 0.2) is 12.4 Å². The molecular formula is C14H20N4S. The fourth-order valence-electron chi connectivity index (χ4n) is 2.82. The first kappa shape index (κ1) is 12.8. The lowest BCUT2D eigenvalue weighted by Crippen LogP contribution is -2.54. The second-order valence-corrected chi connectivity index (χ2v) is 6.47. The molecule has 2 aromatic heterocycles. The van der Waals surface area contributed by atoms with Crippen LogP contribution in [0.25, 0.3) is 10.2 Å². The Hall–Kier alpha value is -1.20. The maximum atomic E-state index is 4.54. The predicted octanol–water partition coefficient (Wildman–Crippen LogP) is 2.44. The van der Waals surface area contributed by atoms with E-state index in [0.717, 1.165) is 30.2 Å².